The summed E-state index contributed by atoms with van der Waals surface area (Å²) in [5.74, 6) is -0.0962. The van der Waals surface area contributed by atoms with E-state index in [4.69, 9.17) is 14.2 Å². The lowest BCUT2D eigenvalue weighted by Gasteiger charge is -2.30. The Hall–Kier alpha value is -3.97. The zero-order chi connectivity index (χ0) is 31.1. The SMILES string of the molecule is COc1cccc(S(=O)(=O)C(NC[C@@H](O)[C@H](Cc2ccccc2)NC(=O)C2COC(=O)N2c2ccccc2)[C@H]2CCCO2)c1. The minimum Gasteiger partial charge on any atom is -0.497 e. The molecule has 12 heteroatoms. The van der Waals surface area contributed by atoms with Crippen LogP contribution in [-0.2, 0) is 30.5 Å². The first kappa shape index (κ1) is 31.5. The van der Waals surface area contributed by atoms with Crippen LogP contribution in [0, 0.1) is 0 Å². The third-order valence-electron chi connectivity index (χ3n) is 7.84. The topological polar surface area (TPSA) is 144 Å². The smallest absolute Gasteiger partial charge is 0.415 e. The van der Waals surface area contributed by atoms with E-state index in [9.17, 15) is 23.1 Å². The van der Waals surface area contributed by atoms with Crippen LogP contribution < -0.4 is 20.3 Å². The molecule has 2 aliphatic rings. The molecule has 2 amide bonds. The van der Waals surface area contributed by atoms with E-state index in [0.29, 0.717) is 30.9 Å². The third kappa shape index (κ3) is 7.21. The zero-order valence-corrected chi connectivity index (χ0v) is 25.2. The number of carbonyl (C=O) groups excluding carboxylic acids is 2. The summed E-state index contributed by atoms with van der Waals surface area (Å²) in [5.41, 5.74) is 1.37. The Kier molecular flexibility index (Phi) is 10.2. The number of anilines is 1. The summed E-state index contributed by atoms with van der Waals surface area (Å²) < 4.78 is 43.9. The molecule has 3 N–H and O–H groups in total. The summed E-state index contributed by atoms with van der Waals surface area (Å²) in [6, 6.07) is 22.5. The number of aliphatic hydroxyl groups excluding tert-OH is 1. The van der Waals surface area contributed by atoms with E-state index >= 15 is 0 Å². The number of sulfone groups is 1. The van der Waals surface area contributed by atoms with Crippen LogP contribution in [0.25, 0.3) is 0 Å². The maximum Gasteiger partial charge on any atom is 0.415 e. The summed E-state index contributed by atoms with van der Waals surface area (Å²) in [4.78, 5) is 27.5. The fraction of sp³-hybridized carbons (Fsp3) is 0.375. The molecule has 3 aromatic rings. The lowest BCUT2D eigenvalue weighted by molar-refractivity contribution is -0.123. The molecule has 5 rings (SSSR count). The van der Waals surface area contributed by atoms with Gasteiger partial charge in [0.05, 0.1) is 30.3 Å². The fourth-order valence-electron chi connectivity index (χ4n) is 5.50. The van der Waals surface area contributed by atoms with Crippen molar-refractivity contribution in [3.8, 4) is 5.75 Å². The molecule has 0 bridgehead atoms. The highest BCUT2D eigenvalue weighted by Crippen LogP contribution is 2.27. The van der Waals surface area contributed by atoms with Gasteiger partial charge in [0.2, 0.25) is 5.91 Å². The molecule has 0 spiro atoms. The quantitative estimate of drug-likeness (QED) is 0.262. The van der Waals surface area contributed by atoms with Crippen LogP contribution in [0.1, 0.15) is 18.4 Å². The normalized spacial score (nSPS) is 20.5. The highest BCUT2D eigenvalue weighted by Gasteiger charge is 2.41. The van der Waals surface area contributed by atoms with Crippen LogP contribution in [0.4, 0.5) is 10.5 Å². The van der Waals surface area contributed by atoms with Gasteiger partial charge < -0.3 is 24.6 Å². The van der Waals surface area contributed by atoms with Crippen molar-refractivity contribution < 1.29 is 37.3 Å². The first-order valence-corrected chi connectivity index (χ1v) is 16.1. The number of hydrogen-bond acceptors (Lipinski definition) is 9. The molecule has 2 fully saturated rings. The van der Waals surface area contributed by atoms with E-state index in [1.54, 1.807) is 42.5 Å². The lowest BCUT2D eigenvalue weighted by Crippen LogP contribution is -2.56. The number of nitrogens with zero attached hydrogens (tertiary/aromatic N) is 1. The molecule has 2 saturated heterocycles. The Morgan fingerprint density at radius 2 is 1.80 bits per heavy atom. The molecule has 3 aromatic carbocycles. The Labute approximate surface area is 257 Å². The van der Waals surface area contributed by atoms with Gasteiger partial charge in [-0.25, -0.2) is 13.2 Å². The maximum atomic E-state index is 13.8. The molecule has 234 valence electrons. The number of amides is 2. The zero-order valence-electron chi connectivity index (χ0n) is 24.4. The van der Waals surface area contributed by atoms with Gasteiger partial charge in [0.1, 0.15) is 17.7 Å². The average Bonchev–Trinajstić information content (AvgIpc) is 3.72. The van der Waals surface area contributed by atoms with Crippen molar-refractivity contribution in [3.05, 3.63) is 90.5 Å². The number of rotatable bonds is 13. The summed E-state index contributed by atoms with van der Waals surface area (Å²) >= 11 is 0. The van der Waals surface area contributed by atoms with Crippen molar-refractivity contribution in [2.24, 2.45) is 0 Å². The number of para-hydroxylation sites is 1. The summed E-state index contributed by atoms with van der Waals surface area (Å²) in [6.07, 6.45) is -0.957. The summed E-state index contributed by atoms with van der Waals surface area (Å²) in [7, 11) is -2.49. The van der Waals surface area contributed by atoms with E-state index < -0.39 is 51.5 Å². The molecule has 11 nitrogen and oxygen atoms in total. The number of cyclic esters (lactones) is 1. The van der Waals surface area contributed by atoms with Gasteiger partial charge in [0, 0.05) is 18.8 Å². The fourth-order valence-corrected chi connectivity index (χ4v) is 7.28. The second kappa shape index (κ2) is 14.2. The van der Waals surface area contributed by atoms with Gasteiger partial charge >= 0.3 is 6.09 Å². The second-order valence-corrected chi connectivity index (χ2v) is 12.8. The summed E-state index contributed by atoms with van der Waals surface area (Å²) in [6.45, 7) is 0.131. The number of methoxy groups -OCH3 is 1. The van der Waals surface area contributed by atoms with Gasteiger partial charge in [0.25, 0.3) is 0 Å². The van der Waals surface area contributed by atoms with Crippen molar-refractivity contribution in [1.82, 2.24) is 10.6 Å². The molecule has 2 unspecified atom stereocenters. The van der Waals surface area contributed by atoms with Crippen molar-refractivity contribution in [3.63, 3.8) is 0 Å². The maximum absolute atomic E-state index is 13.8. The molecule has 44 heavy (non-hydrogen) atoms. The monoisotopic (exact) mass is 623 g/mol. The summed E-state index contributed by atoms with van der Waals surface area (Å²) in [5, 5.41) is 16.3. The standard InChI is InChI=1S/C32H37N3O8S/c1-41-24-14-8-15-25(19-24)44(39,40)31(29-16-9-17-42-29)33-20-28(36)26(18-22-10-4-2-5-11-22)34-30(37)27-21-43-32(38)35(27)23-12-6-3-7-13-23/h2-8,10-15,19,26-29,31,33,36H,9,16-18,20-21H2,1H3,(H,34,37)/t26-,27?,28+,29+,31?/m0/s1. The van der Waals surface area contributed by atoms with Crippen molar-refractivity contribution in [2.75, 3.05) is 31.8 Å². The molecule has 0 radical (unpaired) electrons. The van der Waals surface area contributed by atoms with E-state index in [1.807, 2.05) is 30.3 Å². The molecule has 0 saturated carbocycles. The molecular formula is C32H37N3O8S. The number of nitrogens with one attached hydrogen (secondary N) is 2. The Bertz CT molecular complexity index is 1520. The number of hydrogen-bond donors (Lipinski definition) is 3. The largest absolute Gasteiger partial charge is 0.497 e. The van der Waals surface area contributed by atoms with Crippen molar-refractivity contribution in [1.29, 1.82) is 0 Å². The lowest BCUT2D eigenvalue weighted by atomic mass is 10.0. The average molecular weight is 624 g/mol. The molecular weight excluding hydrogens is 586 g/mol. The van der Waals surface area contributed by atoms with Gasteiger partial charge in [-0.15, -0.1) is 0 Å². The van der Waals surface area contributed by atoms with Gasteiger partial charge in [-0.3, -0.25) is 15.0 Å². The second-order valence-electron chi connectivity index (χ2n) is 10.8. The van der Waals surface area contributed by atoms with Gasteiger partial charge in [0.15, 0.2) is 15.9 Å². The molecule has 0 aliphatic carbocycles. The van der Waals surface area contributed by atoms with Gasteiger partial charge in [-0.2, -0.15) is 0 Å². The van der Waals surface area contributed by atoms with E-state index in [0.717, 1.165) is 5.56 Å². The van der Waals surface area contributed by atoms with Crippen LogP contribution >= 0.6 is 0 Å². The van der Waals surface area contributed by atoms with Gasteiger partial charge in [-0.1, -0.05) is 54.6 Å². The van der Waals surface area contributed by atoms with Crippen LogP contribution in [-0.4, -0.2) is 82.1 Å². The first-order chi connectivity index (χ1) is 21.3. The molecule has 5 atom stereocenters. The van der Waals surface area contributed by atoms with Crippen LogP contribution in [0.3, 0.4) is 0 Å². The Balaban J connectivity index is 1.35. The van der Waals surface area contributed by atoms with E-state index in [1.165, 1.54) is 24.1 Å². The van der Waals surface area contributed by atoms with E-state index in [-0.39, 0.29) is 24.5 Å². The Morgan fingerprint density at radius 1 is 1.07 bits per heavy atom. The number of aliphatic hydroxyl groups is 1. The van der Waals surface area contributed by atoms with Crippen LogP contribution in [0.5, 0.6) is 5.75 Å². The number of benzene rings is 3. The number of carbonyl (C=O) groups is 2. The number of ether oxygens (including phenoxy) is 3. The van der Waals surface area contributed by atoms with Crippen molar-refractivity contribution >= 4 is 27.5 Å². The predicted octanol–water partition coefficient (Wildman–Crippen LogP) is 2.68. The molecule has 2 heterocycles. The van der Waals surface area contributed by atoms with Crippen LogP contribution in [0.2, 0.25) is 0 Å². The van der Waals surface area contributed by atoms with Gasteiger partial charge in [-0.05, 0) is 55.2 Å². The third-order valence-corrected chi connectivity index (χ3v) is 9.89. The minimum absolute atomic E-state index is 0.0698. The molecule has 2 aliphatic heterocycles. The minimum atomic E-state index is -3.95. The first-order valence-electron chi connectivity index (χ1n) is 14.5. The highest BCUT2D eigenvalue weighted by molar-refractivity contribution is 7.92. The van der Waals surface area contributed by atoms with Crippen molar-refractivity contribution in [2.45, 2.75) is 53.8 Å². The Morgan fingerprint density at radius 3 is 2.48 bits per heavy atom. The molecule has 0 aromatic heterocycles. The predicted molar refractivity (Wildman–Crippen MR) is 163 cm³/mol. The highest BCUT2D eigenvalue weighted by atomic mass is 32.2. The van der Waals surface area contributed by atoms with E-state index in [2.05, 4.69) is 10.6 Å². The van der Waals surface area contributed by atoms with Crippen LogP contribution in [0.15, 0.2) is 89.8 Å².